The minimum atomic E-state index is 0.266. The summed E-state index contributed by atoms with van der Waals surface area (Å²) in [5, 5.41) is 10.2. The summed E-state index contributed by atoms with van der Waals surface area (Å²) in [4.78, 5) is 0. The highest BCUT2D eigenvalue weighted by Gasteiger charge is 2.14. The summed E-state index contributed by atoms with van der Waals surface area (Å²) < 4.78 is 1.88. The average molecular weight is 249 g/mol. The number of rotatable bonds is 2. The Bertz CT molecular complexity index is 624. The van der Waals surface area contributed by atoms with Gasteiger partial charge in [-0.25, -0.2) is 0 Å². The molecule has 0 fully saturated rings. The summed E-state index contributed by atoms with van der Waals surface area (Å²) in [6.07, 6.45) is 0. The Kier molecular flexibility index (Phi) is 2.84. The molecule has 2 heteroatoms. The fourth-order valence-electron chi connectivity index (χ4n) is 2.41. The molecule has 0 aliphatic rings. The van der Waals surface area contributed by atoms with Crippen molar-refractivity contribution < 1.29 is 5.11 Å². The van der Waals surface area contributed by atoms with Crippen molar-refractivity contribution in [3.63, 3.8) is 0 Å². The van der Waals surface area contributed by atoms with Crippen LogP contribution < -0.4 is 0 Å². The molecule has 0 atom stereocenters. The van der Waals surface area contributed by atoms with Gasteiger partial charge in [0.2, 0.25) is 0 Å². The zero-order valence-corrected chi connectivity index (χ0v) is 10.7. The van der Waals surface area contributed by atoms with E-state index in [0.29, 0.717) is 0 Å². The van der Waals surface area contributed by atoms with Gasteiger partial charge in [0, 0.05) is 11.8 Å². The number of aromatic nitrogens is 1. The highest BCUT2D eigenvalue weighted by molar-refractivity contribution is 5.68. The van der Waals surface area contributed by atoms with Gasteiger partial charge in [-0.1, -0.05) is 48.5 Å². The summed E-state index contributed by atoms with van der Waals surface area (Å²) >= 11 is 0. The summed E-state index contributed by atoms with van der Waals surface area (Å²) in [6, 6.07) is 21.8. The van der Waals surface area contributed by atoms with Crippen molar-refractivity contribution in [2.45, 2.75) is 6.92 Å². The fourth-order valence-corrected chi connectivity index (χ4v) is 2.41. The molecule has 0 amide bonds. The Hall–Kier alpha value is -2.48. The van der Waals surface area contributed by atoms with Crippen LogP contribution in [0.15, 0.2) is 66.7 Å². The second-order valence-corrected chi connectivity index (χ2v) is 4.57. The van der Waals surface area contributed by atoms with Gasteiger partial charge in [0.05, 0.1) is 5.69 Å². The van der Waals surface area contributed by atoms with Crippen molar-refractivity contribution >= 4 is 0 Å². The first kappa shape index (κ1) is 11.6. The van der Waals surface area contributed by atoms with Crippen molar-refractivity contribution in [1.82, 2.24) is 4.57 Å². The van der Waals surface area contributed by atoms with E-state index in [4.69, 9.17) is 0 Å². The van der Waals surface area contributed by atoms with E-state index in [2.05, 4.69) is 12.1 Å². The normalized spacial score (nSPS) is 10.6. The lowest BCUT2D eigenvalue weighted by Crippen LogP contribution is -1.96. The van der Waals surface area contributed by atoms with Crippen molar-refractivity contribution in [2.24, 2.45) is 0 Å². The largest absolute Gasteiger partial charge is 0.494 e. The Morgan fingerprint density at radius 2 is 1.42 bits per heavy atom. The summed E-state index contributed by atoms with van der Waals surface area (Å²) in [5.41, 5.74) is 4.16. The van der Waals surface area contributed by atoms with Gasteiger partial charge in [-0.2, -0.15) is 0 Å². The Morgan fingerprint density at radius 3 is 2.05 bits per heavy atom. The van der Waals surface area contributed by atoms with Gasteiger partial charge < -0.3 is 5.11 Å². The number of aryl methyl sites for hydroxylation is 1. The van der Waals surface area contributed by atoms with Gasteiger partial charge in [0.25, 0.3) is 0 Å². The Balaban J connectivity index is 2.26. The van der Waals surface area contributed by atoms with E-state index in [0.717, 1.165) is 22.5 Å². The van der Waals surface area contributed by atoms with Crippen molar-refractivity contribution in [3.8, 4) is 22.8 Å². The van der Waals surface area contributed by atoms with E-state index < -0.39 is 0 Å². The van der Waals surface area contributed by atoms with Crippen LogP contribution in [0.3, 0.4) is 0 Å². The lowest BCUT2D eigenvalue weighted by Gasteiger charge is -2.11. The molecule has 1 N–H and O–H groups in total. The zero-order chi connectivity index (χ0) is 13.2. The van der Waals surface area contributed by atoms with Crippen molar-refractivity contribution in [3.05, 3.63) is 72.3 Å². The maximum absolute atomic E-state index is 10.2. The number of aromatic hydroxyl groups is 1. The van der Waals surface area contributed by atoms with Crippen LogP contribution in [0.5, 0.6) is 5.88 Å². The standard InChI is InChI=1S/C17H15NO/c1-13-12-16(19)18(15-10-6-3-7-11-15)17(13)14-8-4-2-5-9-14/h2-12,19H,1H3. The molecule has 94 valence electrons. The predicted molar refractivity (Wildman–Crippen MR) is 77.6 cm³/mol. The van der Waals surface area contributed by atoms with E-state index in [-0.39, 0.29) is 5.88 Å². The monoisotopic (exact) mass is 249 g/mol. The van der Waals surface area contributed by atoms with Crippen LogP contribution >= 0.6 is 0 Å². The van der Waals surface area contributed by atoms with Gasteiger partial charge in [-0.05, 0) is 30.2 Å². The summed E-state index contributed by atoms with van der Waals surface area (Å²) in [5.74, 6) is 0.266. The lowest BCUT2D eigenvalue weighted by molar-refractivity contribution is 0.443. The molecule has 2 nitrogen and oxygen atoms in total. The molecule has 19 heavy (non-hydrogen) atoms. The molecule has 3 rings (SSSR count). The van der Waals surface area contributed by atoms with Crippen LogP contribution in [0.4, 0.5) is 0 Å². The van der Waals surface area contributed by atoms with Crippen LogP contribution in [-0.4, -0.2) is 9.67 Å². The van der Waals surface area contributed by atoms with E-state index in [1.165, 1.54) is 0 Å². The van der Waals surface area contributed by atoms with Crippen LogP contribution in [0, 0.1) is 6.92 Å². The topological polar surface area (TPSA) is 25.2 Å². The third-order valence-electron chi connectivity index (χ3n) is 3.23. The molecule has 0 unspecified atom stereocenters. The molecule has 2 aromatic carbocycles. The number of para-hydroxylation sites is 1. The van der Waals surface area contributed by atoms with Gasteiger partial charge in [-0.3, -0.25) is 4.57 Å². The molecular formula is C17H15NO. The second kappa shape index (κ2) is 4.65. The first-order valence-electron chi connectivity index (χ1n) is 6.29. The van der Waals surface area contributed by atoms with E-state index in [1.54, 1.807) is 6.07 Å². The van der Waals surface area contributed by atoms with Gasteiger partial charge >= 0.3 is 0 Å². The molecule has 0 aliphatic heterocycles. The third-order valence-corrected chi connectivity index (χ3v) is 3.23. The molecule has 0 spiro atoms. The molecule has 0 aliphatic carbocycles. The maximum Gasteiger partial charge on any atom is 0.196 e. The number of hydrogen-bond donors (Lipinski definition) is 1. The highest BCUT2D eigenvalue weighted by atomic mass is 16.3. The highest BCUT2D eigenvalue weighted by Crippen LogP contribution is 2.33. The molecule has 0 radical (unpaired) electrons. The average Bonchev–Trinajstić information content (AvgIpc) is 2.75. The summed E-state index contributed by atoms with van der Waals surface area (Å²) in [6.45, 7) is 2.02. The molecule has 0 bridgehead atoms. The van der Waals surface area contributed by atoms with Crippen LogP contribution in [0.1, 0.15) is 5.56 Å². The van der Waals surface area contributed by atoms with E-state index in [1.807, 2.05) is 60.0 Å². The lowest BCUT2D eigenvalue weighted by atomic mass is 10.1. The summed E-state index contributed by atoms with van der Waals surface area (Å²) in [7, 11) is 0. The quantitative estimate of drug-likeness (QED) is 0.725. The van der Waals surface area contributed by atoms with Gasteiger partial charge in [0.15, 0.2) is 5.88 Å². The smallest absolute Gasteiger partial charge is 0.196 e. The zero-order valence-electron chi connectivity index (χ0n) is 10.7. The predicted octanol–water partition coefficient (Wildman–Crippen LogP) is 4.16. The molecular weight excluding hydrogens is 234 g/mol. The van der Waals surface area contributed by atoms with Gasteiger partial charge in [0.1, 0.15) is 0 Å². The number of hydrogen-bond acceptors (Lipinski definition) is 1. The third kappa shape index (κ3) is 2.02. The minimum absolute atomic E-state index is 0.266. The first-order valence-corrected chi connectivity index (χ1v) is 6.29. The van der Waals surface area contributed by atoms with Crippen molar-refractivity contribution in [2.75, 3.05) is 0 Å². The molecule has 0 saturated heterocycles. The van der Waals surface area contributed by atoms with Crippen LogP contribution in [-0.2, 0) is 0 Å². The molecule has 1 heterocycles. The second-order valence-electron chi connectivity index (χ2n) is 4.57. The molecule has 1 aromatic heterocycles. The SMILES string of the molecule is Cc1cc(O)n(-c2ccccc2)c1-c1ccccc1. The van der Waals surface area contributed by atoms with Crippen molar-refractivity contribution in [1.29, 1.82) is 0 Å². The fraction of sp³-hybridized carbons (Fsp3) is 0.0588. The maximum atomic E-state index is 10.2. The number of nitrogens with zero attached hydrogens (tertiary/aromatic N) is 1. The minimum Gasteiger partial charge on any atom is -0.494 e. The first-order chi connectivity index (χ1) is 9.27. The van der Waals surface area contributed by atoms with Gasteiger partial charge in [-0.15, -0.1) is 0 Å². The number of benzene rings is 2. The Morgan fingerprint density at radius 1 is 0.842 bits per heavy atom. The van der Waals surface area contributed by atoms with Crippen LogP contribution in [0.25, 0.3) is 16.9 Å². The molecule has 3 aromatic rings. The Labute approximate surface area is 112 Å². The van der Waals surface area contributed by atoms with E-state index >= 15 is 0 Å². The van der Waals surface area contributed by atoms with Crippen LogP contribution in [0.2, 0.25) is 0 Å². The molecule has 0 saturated carbocycles. The van der Waals surface area contributed by atoms with E-state index in [9.17, 15) is 5.11 Å².